The lowest BCUT2D eigenvalue weighted by Crippen LogP contribution is -2.61. The number of anilines is 2. The number of methoxy groups -OCH3 is 1. The summed E-state index contributed by atoms with van der Waals surface area (Å²) in [5, 5.41) is 3.65. The zero-order chi connectivity index (χ0) is 23.3. The zero-order valence-electron chi connectivity index (χ0n) is 18.2. The van der Waals surface area contributed by atoms with E-state index in [1.807, 2.05) is 12.1 Å². The Hall–Kier alpha value is -2.61. The normalized spacial score (nSPS) is 22.5. The number of fused-ring (bicyclic) bond motifs is 3. The van der Waals surface area contributed by atoms with E-state index in [0.29, 0.717) is 36.0 Å². The van der Waals surface area contributed by atoms with Crippen molar-refractivity contribution in [1.82, 2.24) is 5.32 Å². The Morgan fingerprint density at radius 1 is 1.12 bits per heavy atom. The van der Waals surface area contributed by atoms with E-state index >= 15 is 0 Å². The molecule has 33 heavy (non-hydrogen) atoms. The predicted octanol–water partition coefficient (Wildman–Crippen LogP) is 4.51. The highest BCUT2D eigenvalue weighted by Crippen LogP contribution is 2.41. The van der Waals surface area contributed by atoms with E-state index in [-0.39, 0.29) is 24.4 Å². The van der Waals surface area contributed by atoms with Gasteiger partial charge >= 0.3 is 6.18 Å². The second kappa shape index (κ2) is 8.31. The maximum Gasteiger partial charge on any atom is 0.416 e. The molecule has 0 radical (unpaired) electrons. The summed E-state index contributed by atoms with van der Waals surface area (Å²) >= 11 is 6.24. The van der Waals surface area contributed by atoms with Crippen LogP contribution in [-0.4, -0.2) is 44.7 Å². The Kier molecular flexibility index (Phi) is 5.59. The van der Waals surface area contributed by atoms with Gasteiger partial charge in [-0.05, 0) is 61.2 Å². The molecule has 1 saturated carbocycles. The van der Waals surface area contributed by atoms with Crippen LogP contribution < -0.4 is 19.9 Å². The molecule has 2 aromatic rings. The molecule has 2 unspecified atom stereocenters. The van der Waals surface area contributed by atoms with Crippen LogP contribution in [0.5, 0.6) is 5.75 Å². The quantitative estimate of drug-likeness (QED) is 0.700. The molecule has 3 aliphatic rings. The van der Waals surface area contributed by atoms with Crippen molar-refractivity contribution >= 4 is 28.9 Å². The minimum atomic E-state index is -4.42. The predicted molar refractivity (Wildman–Crippen MR) is 121 cm³/mol. The molecule has 0 spiro atoms. The summed E-state index contributed by atoms with van der Waals surface area (Å²) in [6.45, 7) is 1.75. The van der Waals surface area contributed by atoms with Gasteiger partial charge in [-0.15, -0.1) is 0 Å². The summed E-state index contributed by atoms with van der Waals surface area (Å²) in [5.74, 6) is 0.155. The molecule has 5 nitrogen and oxygen atoms in total. The molecule has 2 heterocycles. The van der Waals surface area contributed by atoms with Crippen molar-refractivity contribution in [2.24, 2.45) is 5.92 Å². The molecule has 1 amide bonds. The lowest BCUT2D eigenvalue weighted by atomic mass is 9.82. The van der Waals surface area contributed by atoms with E-state index in [4.69, 9.17) is 16.3 Å². The molecule has 5 rings (SSSR count). The standard InChI is InChI=1S/C24H25ClF3N3O2/c1-33-22-7-3-16(25)12-20(22)30-8-9-31-19-6-2-15(24(26,27)28)10-14(19)11-18(21(31)13-30)23(32)29-17-4-5-17/h2-3,6-7,10,12,17-18,21H,4-5,8-9,11,13H2,1H3,(H,29,32). The number of rotatable bonds is 4. The Morgan fingerprint density at radius 2 is 1.91 bits per heavy atom. The van der Waals surface area contributed by atoms with Crippen LogP contribution >= 0.6 is 11.6 Å². The number of hydrogen-bond acceptors (Lipinski definition) is 4. The van der Waals surface area contributed by atoms with Crippen LogP contribution in [0.1, 0.15) is 24.0 Å². The molecule has 0 bridgehead atoms. The highest BCUT2D eigenvalue weighted by molar-refractivity contribution is 6.31. The number of hydrogen-bond donors (Lipinski definition) is 1. The molecule has 176 valence electrons. The molecule has 2 aromatic carbocycles. The van der Waals surface area contributed by atoms with Gasteiger partial charge in [-0.1, -0.05) is 11.6 Å². The van der Waals surface area contributed by atoms with E-state index < -0.39 is 17.7 Å². The first-order valence-corrected chi connectivity index (χ1v) is 11.5. The fourth-order valence-corrected chi connectivity index (χ4v) is 5.13. The van der Waals surface area contributed by atoms with Crippen molar-refractivity contribution in [2.45, 2.75) is 37.5 Å². The summed E-state index contributed by atoms with van der Waals surface area (Å²) in [4.78, 5) is 17.4. The van der Waals surface area contributed by atoms with Crippen LogP contribution in [-0.2, 0) is 17.4 Å². The first-order chi connectivity index (χ1) is 15.7. The molecule has 0 aromatic heterocycles. The number of nitrogens with one attached hydrogen (secondary N) is 1. The summed E-state index contributed by atoms with van der Waals surface area (Å²) in [6.07, 6.45) is -2.24. The summed E-state index contributed by atoms with van der Waals surface area (Å²) in [7, 11) is 1.60. The summed E-state index contributed by atoms with van der Waals surface area (Å²) in [6, 6.07) is 9.32. The average Bonchev–Trinajstić information content (AvgIpc) is 3.61. The van der Waals surface area contributed by atoms with Crippen molar-refractivity contribution in [3.63, 3.8) is 0 Å². The van der Waals surface area contributed by atoms with Crippen LogP contribution in [0.3, 0.4) is 0 Å². The molecule has 2 fully saturated rings. The lowest BCUT2D eigenvalue weighted by molar-refractivity contribution is -0.137. The topological polar surface area (TPSA) is 44.8 Å². The fraction of sp³-hybridized carbons (Fsp3) is 0.458. The number of benzene rings is 2. The van der Waals surface area contributed by atoms with E-state index in [1.54, 1.807) is 19.2 Å². The average molecular weight is 480 g/mol. The number of carbonyl (C=O) groups excluding carboxylic acids is 1. The van der Waals surface area contributed by atoms with Crippen LogP contribution in [0.25, 0.3) is 0 Å². The smallest absolute Gasteiger partial charge is 0.416 e. The van der Waals surface area contributed by atoms with E-state index in [9.17, 15) is 18.0 Å². The van der Waals surface area contributed by atoms with Crippen LogP contribution in [0, 0.1) is 5.92 Å². The van der Waals surface area contributed by atoms with Gasteiger partial charge < -0.3 is 19.9 Å². The molecule has 1 aliphatic carbocycles. The molecule has 1 N–H and O–H groups in total. The molecule has 2 atom stereocenters. The lowest BCUT2D eigenvalue weighted by Gasteiger charge is -2.50. The van der Waals surface area contributed by atoms with Gasteiger partial charge in [0.15, 0.2) is 0 Å². The summed E-state index contributed by atoms with van der Waals surface area (Å²) in [5.41, 5.74) is 1.53. The number of halogens is 4. The number of carbonyl (C=O) groups is 1. The van der Waals surface area contributed by atoms with Crippen LogP contribution in [0.15, 0.2) is 36.4 Å². The summed E-state index contributed by atoms with van der Waals surface area (Å²) < 4.78 is 45.6. The largest absolute Gasteiger partial charge is 0.495 e. The third kappa shape index (κ3) is 4.33. The Balaban J connectivity index is 1.49. The monoisotopic (exact) mass is 479 g/mol. The van der Waals surface area contributed by atoms with Crippen LogP contribution in [0.4, 0.5) is 24.5 Å². The molecular weight excluding hydrogens is 455 g/mol. The van der Waals surface area contributed by atoms with Gasteiger partial charge in [0.05, 0.1) is 30.3 Å². The van der Waals surface area contributed by atoms with Gasteiger partial charge in [0.1, 0.15) is 5.75 Å². The highest BCUT2D eigenvalue weighted by Gasteiger charge is 2.44. The SMILES string of the molecule is COc1ccc(Cl)cc1N1CCN2c3ccc(C(F)(F)F)cc3CC(C(=O)NC3CC3)C2C1. The zero-order valence-corrected chi connectivity index (χ0v) is 18.9. The van der Waals surface area contributed by atoms with E-state index in [2.05, 4.69) is 15.1 Å². The van der Waals surface area contributed by atoms with Gasteiger partial charge in [0, 0.05) is 36.4 Å². The molecule has 1 saturated heterocycles. The molecule has 2 aliphatic heterocycles. The minimum absolute atomic E-state index is 0.0875. The highest BCUT2D eigenvalue weighted by atomic mass is 35.5. The number of ether oxygens (including phenoxy) is 1. The maximum absolute atomic E-state index is 13.3. The van der Waals surface area contributed by atoms with Crippen molar-refractivity contribution in [2.75, 3.05) is 36.5 Å². The first kappa shape index (κ1) is 22.2. The first-order valence-electron chi connectivity index (χ1n) is 11.1. The van der Waals surface area contributed by atoms with E-state index in [1.165, 1.54) is 6.07 Å². The van der Waals surface area contributed by atoms with Gasteiger partial charge in [-0.2, -0.15) is 13.2 Å². The van der Waals surface area contributed by atoms with Crippen molar-refractivity contribution in [3.8, 4) is 5.75 Å². The Bertz CT molecular complexity index is 1070. The minimum Gasteiger partial charge on any atom is -0.495 e. The number of nitrogens with zero attached hydrogens (tertiary/aromatic N) is 2. The van der Waals surface area contributed by atoms with Gasteiger partial charge in [0.25, 0.3) is 0 Å². The van der Waals surface area contributed by atoms with Gasteiger partial charge in [-0.25, -0.2) is 0 Å². The van der Waals surface area contributed by atoms with Gasteiger partial charge in [-0.3, -0.25) is 4.79 Å². The number of amides is 1. The Labute approximate surface area is 195 Å². The third-order valence-electron chi connectivity index (χ3n) is 6.78. The second-order valence-corrected chi connectivity index (χ2v) is 9.39. The van der Waals surface area contributed by atoms with Crippen molar-refractivity contribution < 1.29 is 22.7 Å². The maximum atomic E-state index is 13.3. The van der Waals surface area contributed by atoms with Crippen LogP contribution in [0.2, 0.25) is 5.02 Å². The fourth-order valence-electron chi connectivity index (χ4n) is 4.96. The van der Waals surface area contributed by atoms with Crippen molar-refractivity contribution in [1.29, 1.82) is 0 Å². The molecular formula is C24H25ClF3N3O2. The number of piperazine rings is 1. The molecule has 9 heteroatoms. The third-order valence-corrected chi connectivity index (χ3v) is 7.02. The van der Waals surface area contributed by atoms with Crippen molar-refractivity contribution in [3.05, 3.63) is 52.5 Å². The number of alkyl halides is 3. The Morgan fingerprint density at radius 3 is 2.61 bits per heavy atom. The second-order valence-electron chi connectivity index (χ2n) is 8.96. The van der Waals surface area contributed by atoms with E-state index in [0.717, 1.165) is 30.3 Å². The van der Waals surface area contributed by atoms with Gasteiger partial charge in [0.2, 0.25) is 5.91 Å².